The van der Waals surface area contributed by atoms with Crippen LogP contribution in [0, 0.1) is 5.82 Å². The van der Waals surface area contributed by atoms with Crippen LogP contribution in [0.3, 0.4) is 0 Å². The fourth-order valence-electron chi connectivity index (χ4n) is 1.61. The number of carbonyl (C=O) groups is 1. The van der Waals surface area contributed by atoms with E-state index >= 15 is 0 Å². The lowest BCUT2D eigenvalue weighted by atomic mass is 10.2. The minimum Gasteiger partial charge on any atom is -0.497 e. The molecule has 1 N–H and O–H groups in total. The van der Waals surface area contributed by atoms with Crippen molar-refractivity contribution in [3.05, 3.63) is 59.9 Å². The Balaban J connectivity index is 1.76. The number of nitrogens with zero attached hydrogens (tertiary/aromatic N) is 1. The van der Waals surface area contributed by atoms with Crippen LogP contribution < -0.4 is 10.1 Å². The number of oxime groups is 1. The van der Waals surface area contributed by atoms with Gasteiger partial charge in [0.25, 0.3) is 5.91 Å². The highest BCUT2D eigenvalue weighted by atomic mass is 19.1. The summed E-state index contributed by atoms with van der Waals surface area (Å²) in [4.78, 5) is 16.5. The molecule has 0 atom stereocenters. The molecular formula is C16H15FN2O3. The maximum Gasteiger partial charge on any atom is 0.265 e. The molecule has 114 valence electrons. The standard InChI is InChI=1S/C16H15FN2O3/c1-21-15-8-6-14(7-9-15)19-16(20)11-22-18-10-12-2-4-13(17)5-3-12/h2-10H,11H2,1H3,(H,19,20)/b18-10+. The Kier molecular flexibility index (Phi) is 5.48. The summed E-state index contributed by atoms with van der Waals surface area (Å²) in [6.07, 6.45) is 1.40. The van der Waals surface area contributed by atoms with Crippen LogP contribution >= 0.6 is 0 Å². The van der Waals surface area contributed by atoms with Crippen molar-refractivity contribution in [3.8, 4) is 5.75 Å². The molecular weight excluding hydrogens is 287 g/mol. The third-order valence-corrected chi connectivity index (χ3v) is 2.72. The zero-order chi connectivity index (χ0) is 15.8. The highest BCUT2D eigenvalue weighted by Gasteiger charge is 2.02. The summed E-state index contributed by atoms with van der Waals surface area (Å²) in [5.74, 6) is 0.0523. The fraction of sp³-hybridized carbons (Fsp3) is 0.125. The SMILES string of the molecule is COc1ccc(NC(=O)CO/N=C/c2ccc(F)cc2)cc1. The Morgan fingerprint density at radius 2 is 1.86 bits per heavy atom. The van der Waals surface area contributed by atoms with Crippen molar-refractivity contribution in [2.45, 2.75) is 0 Å². The van der Waals surface area contributed by atoms with Crippen molar-refractivity contribution in [1.82, 2.24) is 0 Å². The Hall–Kier alpha value is -2.89. The molecule has 6 heteroatoms. The number of hydrogen-bond donors (Lipinski definition) is 1. The van der Waals surface area contributed by atoms with E-state index in [0.29, 0.717) is 17.0 Å². The molecule has 0 bridgehead atoms. The molecule has 2 rings (SSSR count). The van der Waals surface area contributed by atoms with Crippen LogP contribution in [0.1, 0.15) is 5.56 Å². The van der Waals surface area contributed by atoms with Crippen LogP contribution in [-0.4, -0.2) is 25.8 Å². The normalized spacial score (nSPS) is 10.5. The van der Waals surface area contributed by atoms with Gasteiger partial charge >= 0.3 is 0 Å². The number of amides is 1. The zero-order valence-electron chi connectivity index (χ0n) is 12.0. The van der Waals surface area contributed by atoms with E-state index in [1.165, 1.54) is 18.3 Å². The Morgan fingerprint density at radius 1 is 1.18 bits per heavy atom. The topological polar surface area (TPSA) is 59.9 Å². The molecule has 1 amide bonds. The van der Waals surface area contributed by atoms with Gasteiger partial charge in [0.05, 0.1) is 13.3 Å². The van der Waals surface area contributed by atoms with Crippen LogP contribution in [0.5, 0.6) is 5.75 Å². The molecule has 0 saturated heterocycles. The van der Waals surface area contributed by atoms with Crippen LogP contribution in [0.25, 0.3) is 0 Å². The lowest BCUT2D eigenvalue weighted by Gasteiger charge is -2.05. The summed E-state index contributed by atoms with van der Waals surface area (Å²) in [5.41, 5.74) is 1.31. The molecule has 0 saturated carbocycles. The van der Waals surface area contributed by atoms with Gasteiger partial charge in [0, 0.05) is 5.69 Å². The number of ether oxygens (including phenoxy) is 1. The number of nitrogens with one attached hydrogen (secondary N) is 1. The molecule has 0 aliphatic rings. The van der Waals surface area contributed by atoms with Gasteiger partial charge in [0.2, 0.25) is 0 Å². The van der Waals surface area contributed by atoms with Gasteiger partial charge in [-0.05, 0) is 42.0 Å². The zero-order valence-corrected chi connectivity index (χ0v) is 12.0. The van der Waals surface area contributed by atoms with E-state index < -0.39 is 0 Å². The second-order valence-electron chi connectivity index (χ2n) is 4.34. The molecule has 0 unspecified atom stereocenters. The van der Waals surface area contributed by atoms with E-state index in [0.717, 1.165) is 0 Å². The lowest BCUT2D eigenvalue weighted by Crippen LogP contribution is -2.16. The van der Waals surface area contributed by atoms with Crippen LogP contribution in [0.4, 0.5) is 10.1 Å². The smallest absolute Gasteiger partial charge is 0.265 e. The molecule has 0 aliphatic heterocycles. The van der Waals surface area contributed by atoms with Gasteiger partial charge in [-0.3, -0.25) is 4.79 Å². The van der Waals surface area contributed by atoms with Gasteiger partial charge in [-0.15, -0.1) is 0 Å². The molecule has 0 radical (unpaired) electrons. The van der Waals surface area contributed by atoms with Crippen molar-refractivity contribution in [2.24, 2.45) is 5.16 Å². The van der Waals surface area contributed by atoms with Gasteiger partial charge < -0.3 is 14.9 Å². The summed E-state index contributed by atoms with van der Waals surface area (Å²) < 4.78 is 17.7. The summed E-state index contributed by atoms with van der Waals surface area (Å²) in [5, 5.41) is 6.31. The second kappa shape index (κ2) is 7.78. The van der Waals surface area contributed by atoms with E-state index in [9.17, 15) is 9.18 Å². The molecule has 2 aromatic carbocycles. The third kappa shape index (κ3) is 4.90. The van der Waals surface area contributed by atoms with Gasteiger partial charge in [-0.2, -0.15) is 0 Å². The number of methoxy groups -OCH3 is 1. The van der Waals surface area contributed by atoms with Crippen molar-refractivity contribution in [2.75, 3.05) is 19.0 Å². The molecule has 0 aromatic heterocycles. The number of rotatable bonds is 6. The fourth-order valence-corrected chi connectivity index (χ4v) is 1.61. The Labute approximate surface area is 127 Å². The van der Waals surface area contributed by atoms with Crippen LogP contribution in [0.2, 0.25) is 0 Å². The van der Waals surface area contributed by atoms with E-state index in [1.807, 2.05) is 0 Å². The van der Waals surface area contributed by atoms with E-state index in [1.54, 1.807) is 43.5 Å². The largest absolute Gasteiger partial charge is 0.497 e. The predicted molar refractivity (Wildman–Crippen MR) is 81.6 cm³/mol. The number of benzene rings is 2. The molecule has 0 spiro atoms. The Bertz CT molecular complexity index is 639. The quantitative estimate of drug-likeness (QED) is 0.659. The van der Waals surface area contributed by atoms with Crippen molar-refractivity contribution >= 4 is 17.8 Å². The first-order chi connectivity index (χ1) is 10.7. The highest BCUT2D eigenvalue weighted by Crippen LogP contribution is 2.14. The van der Waals surface area contributed by atoms with Crippen LogP contribution in [-0.2, 0) is 9.63 Å². The third-order valence-electron chi connectivity index (χ3n) is 2.72. The number of carbonyl (C=O) groups excluding carboxylic acids is 1. The molecule has 2 aromatic rings. The van der Waals surface area contributed by atoms with Crippen molar-refractivity contribution in [3.63, 3.8) is 0 Å². The molecule has 0 aliphatic carbocycles. The highest BCUT2D eigenvalue weighted by molar-refractivity contribution is 5.91. The lowest BCUT2D eigenvalue weighted by molar-refractivity contribution is -0.120. The summed E-state index contributed by atoms with van der Waals surface area (Å²) in [6, 6.07) is 12.7. The van der Waals surface area contributed by atoms with Gasteiger partial charge in [-0.25, -0.2) is 4.39 Å². The maximum atomic E-state index is 12.7. The van der Waals surface area contributed by atoms with Crippen molar-refractivity contribution in [1.29, 1.82) is 0 Å². The monoisotopic (exact) mass is 302 g/mol. The average molecular weight is 302 g/mol. The molecule has 5 nitrogen and oxygen atoms in total. The van der Waals surface area contributed by atoms with E-state index in [-0.39, 0.29) is 18.3 Å². The summed E-state index contributed by atoms with van der Waals surface area (Å²) >= 11 is 0. The van der Waals surface area contributed by atoms with E-state index in [2.05, 4.69) is 10.5 Å². The first-order valence-electron chi connectivity index (χ1n) is 6.52. The first kappa shape index (κ1) is 15.5. The average Bonchev–Trinajstić information content (AvgIpc) is 2.54. The molecule has 22 heavy (non-hydrogen) atoms. The van der Waals surface area contributed by atoms with E-state index in [4.69, 9.17) is 9.57 Å². The summed E-state index contributed by atoms with van der Waals surface area (Å²) in [7, 11) is 1.57. The molecule has 0 heterocycles. The van der Waals surface area contributed by atoms with Crippen molar-refractivity contribution < 1.29 is 18.8 Å². The Morgan fingerprint density at radius 3 is 2.50 bits per heavy atom. The minimum absolute atomic E-state index is 0.219. The first-order valence-corrected chi connectivity index (χ1v) is 6.52. The summed E-state index contributed by atoms with van der Waals surface area (Å²) in [6.45, 7) is -0.219. The second-order valence-corrected chi connectivity index (χ2v) is 4.34. The minimum atomic E-state index is -0.332. The van der Waals surface area contributed by atoms with Gasteiger partial charge in [0.1, 0.15) is 11.6 Å². The van der Waals surface area contributed by atoms with Crippen LogP contribution in [0.15, 0.2) is 53.7 Å². The number of halogens is 1. The number of anilines is 1. The maximum absolute atomic E-state index is 12.7. The van der Waals surface area contributed by atoms with Gasteiger partial charge in [-0.1, -0.05) is 17.3 Å². The predicted octanol–water partition coefficient (Wildman–Crippen LogP) is 2.82. The van der Waals surface area contributed by atoms with Gasteiger partial charge in [0.15, 0.2) is 6.61 Å². The molecule has 0 fully saturated rings. The number of hydrogen-bond acceptors (Lipinski definition) is 4.